The summed E-state index contributed by atoms with van der Waals surface area (Å²) in [7, 11) is 2.96. The lowest BCUT2D eigenvalue weighted by atomic mass is 10.2. The summed E-state index contributed by atoms with van der Waals surface area (Å²) in [5, 5.41) is 0.726. The van der Waals surface area contributed by atoms with Crippen LogP contribution in [0, 0.1) is 0 Å². The molecule has 2 unspecified atom stereocenters. The van der Waals surface area contributed by atoms with E-state index < -0.39 is 20.2 Å². The highest BCUT2D eigenvalue weighted by atomic mass is 35.5. The van der Waals surface area contributed by atoms with E-state index >= 15 is 0 Å². The molecule has 160 valence electrons. The highest BCUT2D eigenvalue weighted by Gasteiger charge is 2.24. The maximum Gasteiger partial charge on any atom is 0.339 e. The molecule has 3 aromatic heterocycles. The van der Waals surface area contributed by atoms with Gasteiger partial charge in [0.2, 0.25) is 0 Å². The van der Waals surface area contributed by atoms with Crippen LogP contribution in [0.1, 0.15) is 0 Å². The van der Waals surface area contributed by atoms with Gasteiger partial charge in [-0.2, -0.15) is 0 Å². The number of hydrogen-bond donors (Lipinski definition) is 0. The van der Waals surface area contributed by atoms with Crippen LogP contribution in [0.2, 0.25) is 10.2 Å². The van der Waals surface area contributed by atoms with Gasteiger partial charge >= 0.3 is 5.69 Å². The lowest BCUT2D eigenvalue weighted by Gasteiger charge is -2.12. The summed E-state index contributed by atoms with van der Waals surface area (Å²) in [4.78, 5) is 35.1. The molecule has 9 nitrogen and oxygen atoms in total. The predicted molar refractivity (Wildman–Crippen MR) is 124 cm³/mol. The molecule has 0 amide bonds. The number of rotatable bonds is 6. The summed E-state index contributed by atoms with van der Waals surface area (Å²) in [5.74, 6) is 0.336. The number of halogens is 2. The van der Waals surface area contributed by atoms with Gasteiger partial charge < -0.3 is 9.05 Å². The minimum Gasteiger partial charge on any atom is -0.344 e. The Morgan fingerprint density at radius 3 is 2.55 bits per heavy atom. The van der Waals surface area contributed by atoms with Crippen molar-refractivity contribution in [2.24, 2.45) is 0 Å². The van der Waals surface area contributed by atoms with Crippen LogP contribution in [0.25, 0.3) is 28.2 Å². The van der Waals surface area contributed by atoms with E-state index in [4.69, 9.17) is 32.2 Å². The average Bonchev–Trinajstić information content (AvgIpc) is 3.15. The predicted octanol–water partition coefficient (Wildman–Crippen LogP) is 3.48. The van der Waals surface area contributed by atoms with Crippen molar-refractivity contribution in [1.29, 1.82) is 0 Å². The number of pyridine rings is 1. The van der Waals surface area contributed by atoms with Gasteiger partial charge in [0.1, 0.15) is 20.8 Å². The Labute approximate surface area is 189 Å². The Morgan fingerprint density at radius 1 is 1.16 bits per heavy atom. The monoisotopic (exact) mass is 497 g/mol. The van der Waals surface area contributed by atoms with Crippen LogP contribution in [0.4, 0.5) is 0 Å². The molecule has 0 spiro atoms. The van der Waals surface area contributed by atoms with Crippen molar-refractivity contribution in [3.63, 3.8) is 0 Å². The van der Waals surface area contributed by atoms with Gasteiger partial charge in [0.25, 0.3) is 5.56 Å². The van der Waals surface area contributed by atoms with E-state index in [-0.39, 0.29) is 23.0 Å². The highest BCUT2D eigenvalue weighted by molar-refractivity contribution is 7.30. The summed E-state index contributed by atoms with van der Waals surface area (Å²) in [5.41, 5.74) is 0.214. The molecular weight excluding hydrogens is 483 g/mol. The quantitative estimate of drug-likeness (QED) is 0.299. The maximum absolute atomic E-state index is 13.4. The molecule has 2 atom stereocenters. The second-order valence-electron chi connectivity index (χ2n) is 6.20. The molecule has 13 heteroatoms. The maximum atomic E-state index is 13.4. The highest BCUT2D eigenvalue weighted by Crippen LogP contribution is 2.31. The summed E-state index contributed by atoms with van der Waals surface area (Å²) in [6.45, 7) is -0.147. The van der Waals surface area contributed by atoms with Crippen molar-refractivity contribution in [2.45, 2.75) is 6.73 Å². The van der Waals surface area contributed by atoms with E-state index in [9.17, 15) is 9.59 Å². The van der Waals surface area contributed by atoms with E-state index in [1.54, 1.807) is 47.2 Å². The van der Waals surface area contributed by atoms with Crippen LogP contribution in [0.15, 0.2) is 52.2 Å². The van der Waals surface area contributed by atoms with Crippen molar-refractivity contribution in [2.75, 3.05) is 7.11 Å². The molecule has 4 rings (SSSR count). The fourth-order valence-electron chi connectivity index (χ4n) is 3.13. The molecule has 0 saturated heterocycles. The Kier molecular flexibility index (Phi) is 6.53. The third-order valence-electron chi connectivity index (χ3n) is 4.41. The van der Waals surface area contributed by atoms with Crippen molar-refractivity contribution < 1.29 is 9.05 Å². The van der Waals surface area contributed by atoms with Crippen LogP contribution < -0.4 is 11.2 Å². The molecule has 0 fully saturated rings. The number of nitrogens with zero attached hydrogens (tertiary/aromatic N) is 5. The fraction of sp³-hybridized carbons (Fsp3) is 0.111. The van der Waals surface area contributed by atoms with Crippen LogP contribution >= 0.6 is 41.6 Å². The molecular formula is C18H15Cl2N5O4P2. The second kappa shape index (κ2) is 9.17. The molecule has 3 heterocycles. The van der Waals surface area contributed by atoms with E-state index in [2.05, 4.69) is 19.4 Å². The first kappa shape index (κ1) is 22.1. The standard InChI is InChI=1S/C18H15Cl2N5O4P2/c1-28-31-25-17(26)13-16(23(9-29-30)18(25)27)22-15(12-3-2-8-21-14(12)20)24(13)11-6-4-10(19)5-7-11/h2-8,31H,9,30H2,1H3. The van der Waals surface area contributed by atoms with Gasteiger partial charge in [-0.05, 0) is 36.4 Å². The molecule has 0 aliphatic carbocycles. The molecule has 0 aliphatic rings. The smallest absolute Gasteiger partial charge is 0.339 e. The molecule has 0 saturated carbocycles. The van der Waals surface area contributed by atoms with Gasteiger partial charge in [-0.25, -0.2) is 19.1 Å². The summed E-state index contributed by atoms with van der Waals surface area (Å²) < 4.78 is 14.1. The van der Waals surface area contributed by atoms with Gasteiger partial charge in [0, 0.05) is 33.5 Å². The van der Waals surface area contributed by atoms with Gasteiger partial charge in [-0.3, -0.25) is 13.9 Å². The lowest BCUT2D eigenvalue weighted by molar-refractivity contribution is 0.275. The fourth-order valence-corrected chi connectivity index (χ4v) is 4.18. The Bertz CT molecular complexity index is 1380. The molecule has 0 N–H and O–H groups in total. The van der Waals surface area contributed by atoms with Gasteiger partial charge in [0.15, 0.2) is 17.0 Å². The largest absolute Gasteiger partial charge is 0.344 e. The third kappa shape index (κ3) is 3.94. The molecule has 0 aliphatic heterocycles. The van der Waals surface area contributed by atoms with Gasteiger partial charge in [-0.15, -0.1) is 0 Å². The normalized spacial score (nSPS) is 11.7. The van der Waals surface area contributed by atoms with Gasteiger partial charge in [-0.1, -0.05) is 23.2 Å². The number of benzene rings is 1. The molecule has 4 aromatic rings. The van der Waals surface area contributed by atoms with Crippen molar-refractivity contribution in [1.82, 2.24) is 23.4 Å². The zero-order chi connectivity index (χ0) is 22.1. The van der Waals surface area contributed by atoms with E-state index in [0.717, 1.165) is 4.34 Å². The zero-order valence-electron chi connectivity index (χ0n) is 16.0. The van der Waals surface area contributed by atoms with Crippen LogP contribution in [-0.2, 0) is 15.8 Å². The lowest BCUT2D eigenvalue weighted by Crippen LogP contribution is -2.37. The van der Waals surface area contributed by atoms with Crippen LogP contribution in [0.3, 0.4) is 0 Å². The molecule has 31 heavy (non-hydrogen) atoms. The first-order chi connectivity index (χ1) is 15.0. The number of aromatic nitrogens is 5. The van der Waals surface area contributed by atoms with Crippen LogP contribution in [0.5, 0.6) is 0 Å². The number of imidazole rings is 1. The molecule has 0 bridgehead atoms. The third-order valence-corrected chi connectivity index (χ3v) is 5.88. The number of hydrogen-bond acceptors (Lipinski definition) is 6. The second-order valence-corrected chi connectivity index (χ2v) is 8.37. The Hall–Kier alpha value is -2.12. The topological polar surface area (TPSA) is 93.2 Å². The zero-order valence-corrected chi connectivity index (χ0v) is 19.6. The van der Waals surface area contributed by atoms with Gasteiger partial charge in [0.05, 0.1) is 5.56 Å². The summed E-state index contributed by atoms with van der Waals surface area (Å²) in [6.07, 6.45) is 1.55. The van der Waals surface area contributed by atoms with E-state index in [0.29, 0.717) is 22.1 Å². The first-order valence-corrected chi connectivity index (χ1v) is 10.8. The van der Waals surface area contributed by atoms with Crippen molar-refractivity contribution >= 4 is 52.8 Å². The van der Waals surface area contributed by atoms with Crippen LogP contribution in [-0.4, -0.2) is 30.5 Å². The minimum absolute atomic E-state index is 0.138. The van der Waals surface area contributed by atoms with Crippen molar-refractivity contribution in [3.05, 3.63) is 73.6 Å². The van der Waals surface area contributed by atoms with E-state index in [1.807, 2.05) is 0 Å². The first-order valence-electron chi connectivity index (χ1n) is 8.73. The average molecular weight is 498 g/mol. The molecule has 0 radical (unpaired) electrons. The van der Waals surface area contributed by atoms with Crippen molar-refractivity contribution in [3.8, 4) is 17.1 Å². The minimum atomic E-state index is -0.607. The Balaban J connectivity index is 2.21. The number of fused-ring (bicyclic) bond motifs is 1. The molecule has 1 aromatic carbocycles. The van der Waals surface area contributed by atoms with E-state index in [1.165, 1.54) is 11.7 Å². The Morgan fingerprint density at radius 2 is 1.90 bits per heavy atom. The SMILES string of the molecule is COPn1c(=O)c2c(nc(-c3cccnc3Cl)n2-c2ccc(Cl)cc2)n(COP)c1=O. The summed E-state index contributed by atoms with van der Waals surface area (Å²) >= 11 is 12.4. The summed E-state index contributed by atoms with van der Waals surface area (Å²) in [6, 6.07) is 10.3.